The lowest BCUT2D eigenvalue weighted by molar-refractivity contribution is -0.945. The average molecular weight is 407 g/mol. The van der Waals surface area contributed by atoms with Gasteiger partial charge in [0.15, 0.2) is 17.3 Å². The van der Waals surface area contributed by atoms with Crippen molar-refractivity contribution >= 4 is 17.6 Å². The minimum atomic E-state index is 0.217. The molecule has 0 bridgehead atoms. The summed E-state index contributed by atoms with van der Waals surface area (Å²) in [5.41, 5.74) is 9.42. The molecule has 8 heteroatoms. The summed E-state index contributed by atoms with van der Waals surface area (Å²) < 4.78 is 11.0. The van der Waals surface area contributed by atoms with Gasteiger partial charge < -0.3 is 25.4 Å². The maximum atomic E-state index is 5.96. The van der Waals surface area contributed by atoms with Crippen LogP contribution in [0.1, 0.15) is 29.9 Å². The Morgan fingerprint density at radius 2 is 1.80 bits per heavy atom. The third kappa shape index (κ3) is 4.13. The number of nitrogens with one attached hydrogen (secondary N) is 2. The number of anilines is 3. The monoisotopic (exact) mass is 407 g/mol. The summed E-state index contributed by atoms with van der Waals surface area (Å²) in [5, 5.41) is 3.20. The standard InChI is InChI=1S/C22H26N6O2/c1-14-17-12-19(30-3)18(29-2)11-15(17)9-10-28(14)13-20-25-21(23)27-22(26-20)24-16-7-5-4-6-8-16/h4-8,11-12,14H,9-10,13H2,1-3H3,(H3,23,24,25,26,27)/p+1/t14-/m0/s1. The van der Waals surface area contributed by atoms with Crippen LogP contribution in [-0.4, -0.2) is 35.7 Å². The van der Waals surface area contributed by atoms with Gasteiger partial charge in [0.25, 0.3) is 0 Å². The third-order valence-corrected chi connectivity index (χ3v) is 5.55. The maximum Gasteiger partial charge on any atom is 0.232 e. The van der Waals surface area contributed by atoms with Crippen molar-refractivity contribution in [1.82, 2.24) is 15.0 Å². The number of fused-ring (bicyclic) bond motifs is 1. The zero-order valence-electron chi connectivity index (χ0n) is 17.5. The van der Waals surface area contributed by atoms with E-state index in [1.54, 1.807) is 14.2 Å². The molecule has 1 unspecified atom stereocenters. The van der Waals surface area contributed by atoms with Crippen molar-refractivity contribution in [1.29, 1.82) is 0 Å². The summed E-state index contributed by atoms with van der Waals surface area (Å²) in [5.74, 6) is 2.87. The Kier molecular flexibility index (Phi) is 5.67. The first-order valence-electron chi connectivity index (χ1n) is 9.99. The van der Waals surface area contributed by atoms with Crippen molar-refractivity contribution in [2.24, 2.45) is 0 Å². The molecule has 2 heterocycles. The Balaban J connectivity index is 1.55. The lowest BCUT2D eigenvalue weighted by atomic mass is 9.93. The van der Waals surface area contributed by atoms with Gasteiger partial charge in [0.05, 0.1) is 20.8 Å². The number of para-hydroxylation sites is 1. The van der Waals surface area contributed by atoms with Crippen LogP contribution in [0.5, 0.6) is 11.5 Å². The number of nitrogen functional groups attached to an aromatic ring is 1. The minimum Gasteiger partial charge on any atom is -0.493 e. The van der Waals surface area contributed by atoms with Gasteiger partial charge in [-0.25, -0.2) is 0 Å². The Labute approximate surface area is 176 Å². The van der Waals surface area contributed by atoms with Crippen molar-refractivity contribution in [3.05, 3.63) is 59.4 Å². The highest BCUT2D eigenvalue weighted by atomic mass is 16.5. The number of methoxy groups -OCH3 is 2. The summed E-state index contributed by atoms with van der Waals surface area (Å²) in [4.78, 5) is 14.6. The van der Waals surface area contributed by atoms with E-state index in [-0.39, 0.29) is 12.0 Å². The predicted molar refractivity (Wildman–Crippen MR) is 115 cm³/mol. The van der Waals surface area contributed by atoms with E-state index in [0.29, 0.717) is 18.3 Å². The van der Waals surface area contributed by atoms with Crippen molar-refractivity contribution in [2.75, 3.05) is 31.8 Å². The lowest BCUT2D eigenvalue weighted by Gasteiger charge is -2.32. The van der Waals surface area contributed by atoms with Gasteiger partial charge in [0, 0.05) is 17.7 Å². The molecule has 156 valence electrons. The number of aromatic nitrogens is 3. The summed E-state index contributed by atoms with van der Waals surface area (Å²) >= 11 is 0. The molecule has 0 saturated heterocycles. The number of nitrogens with zero attached hydrogens (tertiary/aromatic N) is 3. The van der Waals surface area contributed by atoms with Gasteiger partial charge in [0.1, 0.15) is 12.6 Å². The Hall–Kier alpha value is -3.39. The summed E-state index contributed by atoms with van der Waals surface area (Å²) in [6.07, 6.45) is 0.949. The molecule has 2 aromatic carbocycles. The molecule has 4 N–H and O–H groups in total. The smallest absolute Gasteiger partial charge is 0.232 e. The molecular formula is C22H27N6O2+. The van der Waals surface area contributed by atoms with Gasteiger partial charge in [-0.2, -0.15) is 15.0 Å². The van der Waals surface area contributed by atoms with Crippen molar-refractivity contribution in [3.8, 4) is 11.5 Å². The van der Waals surface area contributed by atoms with Crippen molar-refractivity contribution in [3.63, 3.8) is 0 Å². The Morgan fingerprint density at radius 3 is 2.53 bits per heavy atom. The molecule has 0 radical (unpaired) electrons. The van der Waals surface area contributed by atoms with Gasteiger partial charge in [-0.3, -0.25) is 0 Å². The highest BCUT2D eigenvalue weighted by Crippen LogP contribution is 2.34. The number of benzene rings is 2. The van der Waals surface area contributed by atoms with Crippen LogP contribution in [0.3, 0.4) is 0 Å². The van der Waals surface area contributed by atoms with Crippen LogP contribution >= 0.6 is 0 Å². The molecule has 1 aliphatic heterocycles. The van der Waals surface area contributed by atoms with Crippen molar-refractivity contribution in [2.45, 2.75) is 25.9 Å². The number of quaternary nitrogens is 1. The van der Waals surface area contributed by atoms with Gasteiger partial charge in [-0.1, -0.05) is 18.2 Å². The van der Waals surface area contributed by atoms with E-state index >= 15 is 0 Å². The van der Waals surface area contributed by atoms with E-state index in [2.05, 4.69) is 39.3 Å². The second kappa shape index (κ2) is 8.54. The molecule has 0 saturated carbocycles. The number of hydrogen-bond acceptors (Lipinski definition) is 7. The van der Waals surface area contributed by atoms with Crippen LogP contribution in [0.15, 0.2) is 42.5 Å². The van der Waals surface area contributed by atoms with E-state index < -0.39 is 0 Å². The van der Waals surface area contributed by atoms with Crippen LogP contribution in [0.4, 0.5) is 17.6 Å². The number of nitrogens with two attached hydrogens (primary N) is 1. The lowest BCUT2D eigenvalue weighted by Crippen LogP contribution is -3.11. The van der Waals surface area contributed by atoms with E-state index in [4.69, 9.17) is 15.2 Å². The fourth-order valence-electron chi connectivity index (χ4n) is 3.96. The van der Waals surface area contributed by atoms with Crippen LogP contribution in [0.2, 0.25) is 0 Å². The summed E-state index contributed by atoms with van der Waals surface area (Å²) in [7, 11) is 3.33. The molecule has 30 heavy (non-hydrogen) atoms. The van der Waals surface area contributed by atoms with E-state index in [1.165, 1.54) is 16.0 Å². The summed E-state index contributed by atoms with van der Waals surface area (Å²) in [6, 6.07) is 14.2. The zero-order chi connectivity index (χ0) is 21.1. The van der Waals surface area contributed by atoms with Gasteiger partial charge in [-0.15, -0.1) is 0 Å². The molecule has 4 rings (SSSR count). The molecule has 0 spiro atoms. The van der Waals surface area contributed by atoms with E-state index in [0.717, 1.165) is 30.2 Å². The third-order valence-electron chi connectivity index (χ3n) is 5.55. The molecule has 0 fully saturated rings. The molecular weight excluding hydrogens is 380 g/mol. The Morgan fingerprint density at radius 1 is 1.07 bits per heavy atom. The molecule has 0 aliphatic carbocycles. The topological polar surface area (TPSA) is 99.6 Å². The Bertz CT molecular complexity index is 1030. The second-order valence-electron chi connectivity index (χ2n) is 7.39. The molecule has 1 aromatic heterocycles. The van der Waals surface area contributed by atoms with Crippen LogP contribution in [0.25, 0.3) is 0 Å². The van der Waals surface area contributed by atoms with Crippen LogP contribution in [0, 0.1) is 0 Å². The highest BCUT2D eigenvalue weighted by molar-refractivity contribution is 5.53. The first-order chi connectivity index (χ1) is 14.6. The average Bonchev–Trinajstić information content (AvgIpc) is 2.75. The molecule has 3 aromatic rings. The zero-order valence-corrected chi connectivity index (χ0v) is 17.5. The van der Waals surface area contributed by atoms with Crippen molar-refractivity contribution < 1.29 is 14.4 Å². The van der Waals surface area contributed by atoms with Gasteiger partial charge >= 0.3 is 0 Å². The predicted octanol–water partition coefficient (Wildman–Crippen LogP) is 1.92. The molecule has 1 aliphatic rings. The fourth-order valence-corrected chi connectivity index (χ4v) is 3.96. The molecule has 2 atom stereocenters. The summed E-state index contributed by atoms with van der Waals surface area (Å²) in [6.45, 7) is 3.84. The van der Waals surface area contributed by atoms with Gasteiger partial charge in [0.2, 0.25) is 11.9 Å². The minimum absolute atomic E-state index is 0.217. The van der Waals surface area contributed by atoms with Gasteiger partial charge in [-0.05, 0) is 36.8 Å². The first kappa shape index (κ1) is 19.9. The molecule has 8 nitrogen and oxygen atoms in total. The second-order valence-corrected chi connectivity index (χ2v) is 7.39. The largest absolute Gasteiger partial charge is 0.493 e. The number of rotatable bonds is 6. The van der Waals surface area contributed by atoms with Crippen LogP contribution < -0.4 is 25.4 Å². The van der Waals surface area contributed by atoms with Crippen LogP contribution in [-0.2, 0) is 13.0 Å². The number of ether oxygens (including phenoxy) is 2. The SMILES string of the molecule is COc1cc2c(cc1OC)[C@H](C)[NH+](Cc1nc(N)nc(Nc3ccccc3)n1)CC2. The highest BCUT2D eigenvalue weighted by Gasteiger charge is 2.30. The number of hydrogen-bond donors (Lipinski definition) is 3. The fraction of sp³-hybridized carbons (Fsp3) is 0.318. The normalized spacial score (nSPS) is 17.8. The van der Waals surface area contributed by atoms with E-state index in [9.17, 15) is 0 Å². The van der Waals surface area contributed by atoms with E-state index in [1.807, 2.05) is 30.3 Å². The first-order valence-corrected chi connectivity index (χ1v) is 9.99. The quantitative estimate of drug-likeness (QED) is 0.574. The maximum absolute atomic E-state index is 5.96. The molecule has 0 amide bonds.